The van der Waals surface area contributed by atoms with Gasteiger partial charge in [-0.3, -0.25) is 4.90 Å². The quantitative estimate of drug-likeness (QED) is 0.712. The highest BCUT2D eigenvalue weighted by atomic mass is 15.2. The van der Waals surface area contributed by atoms with Crippen LogP contribution in [-0.2, 0) is 0 Å². The van der Waals surface area contributed by atoms with Crippen molar-refractivity contribution in [3.8, 4) is 0 Å². The van der Waals surface area contributed by atoms with E-state index in [4.69, 9.17) is 5.73 Å². The van der Waals surface area contributed by atoms with Gasteiger partial charge in [0.1, 0.15) is 0 Å². The molecule has 2 atom stereocenters. The molecule has 0 radical (unpaired) electrons. The van der Waals surface area contributed by atoms with Crippen molar-refractivity contribution < 1.29 is 0 Å². The molecule has 3 heteroatoms. The highest BCUT2D eigenvalue weighted by Crippen LogP contribution is 2.32. The summed E-state index contributed by atoms with van der Waals surface area (Å²) < 4.78 is 0. The molecule has 3 aliphatic rings. The van der Waals surface area contributed by atoms with Crippen LogP contribution < -0.4 is 5.73 Å². The molecule has 16 heavy (non-hydrogen) atoms. The molecule has 0 aromatic rings. The molecule has 3 fully saturated rings. The number of likely N-dealkylation sites (tertiary alicyclic amines) is 2. The van der Waals surface area contributed by atoms with E-state index >= 15 is 0 Å². The van der Waals surface area contributed by atoms with Crippen molar-refractivity contribution >= 4 is 0 Å². The second-order valence-electron chi connectivity index (χ2n) is 6.21. The Labute approximate surface area is 99.0 Å². The van der Waals surface area contributed by atoms with Crippen molar-refractivity contribution in [1.82, 2.24) is 9.80 Å². The summed E-state index contributed by atoms with van der Waals surface area (Å²) in [5.74, 6) is 1.44. The number of rotatable bonds is 1. The Morgan fingerprint density at radius 2 is 1.50 bits per heavy atom. The maximum absolute atomic E-state index is 6.35. The molecule has 2 aliphatic heterocycles. The van der Waals surface area contributed by atoms with Gasteiger partial charge in [0, 0.05) is 38.3 Å². The van der Waals surface area contributed by atoms with Crippen LogP contribution >= 0.6 is 0 Å². The molecule has 3 rings (SSSR count). The zero-order valence-corrected chi connectivity index (χ0v) is 10.4. The van der Waals surface area contributed by atoms with E-state index in [2.05, 4.69) is 16.8 Å². The Kier molecular flexibility index (Phi) is 2.94. The van der Waals surface area contributed by atoms with Gasteiger partial charge < -0.3 is 10.6 Å². The fourth-order valence-electron chi connectivity index (χ4n) is 4.11. The molecule has 0 aromatic carbocycles. The lowest BCUT2D eigenvalue weighted by Gasteiger charge is -2.50. The summed E-state index contributed by atoms with van der Waals surface area (Å²) >= 11 is 0. The second kappa shape index (κ2) is 4.28. The number of hydrogen-bond acceptors (Lipinski definition) is 3. The number of piperidine rings is 2. The lowest BCUT2D eigenvalue weighted by atomic mass is 9.79. The molecule has 2 unspecified atom stereocenters. The molecule has 2 heterocycles. The van der Waals surface area contributed by atoms with E-state index in [9.17, 15) is 0 Å². The summed E-state index contributed by atoms with van der Waals surface area (Å²) in [4.78, 5) is 5.24. The predicted octanol–water partition coefficient (Wildman–Crippen LogP) is 0.750. The van der Waals surface area contributed by atoms with E-state index < -0.39 is 0 Å². The van der Waals surface area contributed by atoms with E-state index in [0.717, 1.165) is 17.9 Å². The second-order valence-corrected chi connectivity index (χ2v) is 6.21. The van der Waals surface area contributed by atoms with Gasteiger partial charge in [-0.25, -0.2) is 0 Å². The number of fused-ring (bicyclic) bond motifs is 2. The van der Waals surface area contributed by atoms with Crippen LogP contribution in [0, 0.1) is 11.8 Å². The fraction of sp³-hybridized carbons (Fsp3) is 1.00. The molecule has 0 spiro atoms. The normalized spacial score (nSPS) is 42.8. The van der Waals surface area contributed by atoms with Gasteiger partial charge in [-0.05, 0) is 31.7 Å². The van der Waals surface area contributed by atoms with Crippen molar-refractivity contribution in [2.24, 2.45) is 17.6 Å². The van der Waals surface area contributed by atoms with E-state index in [0.29, 0.717) is 6.04 Å². The summed E-state index contributed by atoms with van der Waals surface area (Å²) in [6.07, 6.45) is 5.76. The monoisotopic (exact) mass is 223 g/mol. The number of hydrogen-bond donors (Lipinski definition) is 1. The largest absolute Gasteiger partial charge is 0.327 e. The smallest absolute Gasteiger partial charge is 0.0145 e. The van der Waals surface area contributed by atoms with E-state index in [-0.39, 0.29) is 0 Å². The minimum Gasteiger partial charge on any atom is -0.327 e. The van der Waals surface area contributed by atoms with Crippen LogP contribution in [0.4, 0.5) is 0 Å². The summed E-state index contributed by atoms with van der Waals surface area (Å²) in [5, 5.41) is 0. The Morgan fingerprint density at radius 1 is 0.938 bits per heavy atom. The zero-order chi connectivity index (χ0) is 11.1. The molecule has 0 amide bonds. The standard InChI is InChI=1S/C13H25N3/c1-15-6-10-8-16(12-4-2-3-5-12)9-11(7-15)13(10)14/h10-13H,2-9,14H2,1H3. The highest BCUT2D eigenvalue weighted by molar-refractivity contribution is 4.97. The van der Waals surface area contributed by atoms with Crippen molar-refractivity contribution in [1.29, 1.82) is 0 Å². The van der Waals surface area contributed by atoms with Gasteiger partial charge in [0.15, 0.2) is 0 Å². The van der Waals surface area contributed by atoms with Crippen LogP contribution in [-0.4, -0.2) is 55.1 Å². The van der Waals surface area contributed by atoms with Crippen LogP contribution in [0.2, 0.25) is 0 Å². The average Bonchev–Trinajstić information content (AvgIpc) is 2.73. The molecule has 1 saturated carbocycles. The average molecular weight is 223 g/mol. The molecular weight excluding hydrogens is 198 g/mol. The first kappa shape index (κ1) is 11.0. The van der Waals surface area contributed by atoms with Gasteiger partial charge in [0.25, 0.3) is 0 Å². The minimum absolute atomic E-state index is 0.467. The van der Waals surface area contributed by atoms with Gasteiger partial charge >= 0.3 is 0 Å². The summed E-state index contributed by atoms with van der Waals surface area (Å²) in [6, 6.07) is 1.36. The molecule has 0 aromatic heterocycles. The third-order valence-corrected chi connectivity index (χ3v) is 4.96. The van der Waals surface area contributed by atoms with Gasteiger partial charge in [0.2, 0.25) is 0 Å². The number of nitrogens with two attached hydrogens (primary N) is 1. The van der Waals surface area contributed by atoms with E-state index in [1.807, 2.05) is 0 Å². The summed E-state index contributed by atoms with van der Waals surface area (Å²) in [6.45, 7) is 4.93. The topological polar surface area (TPSA) is 32.5 Å². The predicted molar refractivity (Wildman–Crippen MR) is 66.3 cm³/mol. The first-order valence-corrected chi connectivity index (χ1v) is 6.92. The van der Waals surface area contributed by atoms with Crippen LogP contribution in [0.25, 0.3) is 0 Å². The highest BCUT2D eigenvalue weighted by Gasteiger charge is 2.41. The summed E-state index contributed by atoms with van der Waals surface area (Å²) in [5.41, 5.74) is 6.35. The maximum Gasteiger partial charge on any atom is 0.0145 e. The first-order chi connectivity index (χ1) is 7.74. The lowest BCUT2D eigenvalue weighted by Crippen LogP contribution is -2.63. The Balaban J connectivity index is 1.68. The van der Waals surface area contributed by atoms with Gasteiger partial charge in [-0.2, -0.15) is 0 Å². The van der Waals surface area contributed by atoms with Crippen LogP contribution in [0.15, 0.2) is 0 Å². The van der Waals surface area contributed by atoms with Crippen LogP contribution in [0.1, 0.15) is 25.7 Å². The molecule has 2 saturated heterocycles. The Hall–Kier alpha value is -0.120. The molecule has 1 aliphatic carbocycles. The van der Waals surface area contributed by atoms with Gasteiger partial charge in [-0.1, -0.05) is 12.8 Å². The van der Waals surface area contributed by atoms with Crippen LogP contribution in [0.3, 0.4) is 0 Å². The van der Waals surface area contributed by atoms with E-state index in [1.54, 1.807) is 0 Å². The van der Waals surface area contributed by atoms with Crippen LogP contribution in [0.5, 0.6) is 0 Å². The molecular formula is C13H25N3. The Bertz CT molecular complexity index is 234. The van der Waals surface area contributed by atoms with Crippen molar-refractivity contribution in [3.63, 3.8) is 0 Å². The fourth-order valence-corrected chi connectivity index (χ4v) is 4.11. The molecule has 2 N–H and O–H groups in total. The van der Waals surface area contributed by atoms with Crippen molar-refractivity contribution in [2.45, 2.75) is 37.8 Å². The maximum atomic E-state index is 6.35. The zero-order valence-electron chi connectivity index (χ0n) is 10.4. The number of nitrogens with zero attached hydrogens (tertiary/aromatic N) is 2. The van der Waals surface area contributed by atoms with Gasteiger partial charge in [0.05, 0.1) is 0 Å². The van der Waals surface area contributed by atoms with Crippen molar-refractivity contribution in [3.05, 3.63) is 0 Å². The molecule has 3 nitrogen and oxygen atoms in total. The minimum atomic E-state index is 0.467. The van der Waals surface area contributed by atoms with E-state index in [1.165, 1.54) is 51.9 Å². The molecule has 92 valence electrons. The molecule has 2 bridgehead atoms. The first-order valence-electron chi connectivity index (χ1n) is 6.92. The third-order valence-electron chi connectivity index (χ3n) is 4.96. The summed E-state index contributed by atoms with van der Waals surface area (Å²) in [7, 11) is 2.25. The third kappa shape index (κ3) is 1.89. The van der Waals surface area contributed by atoms with Crippen molar-refractivity contribution in [2.75, 3.05) is 33.2 Å². The lowest BCUT2D eigenvalue weighted by molar-refractivity contribution is 0.00461. The van der Waals surface area contributed by atoms with Gasteiger partial charge in [-0.15, -0.1) is 0 Å². The Morgan fingerprint density at radius 3 is 2.06 bits per heavy atom. The SMILES string of the molecule is CN1CC2CN(C3CCCC3)CC(C1)C2N.